The molecule has 0 saturated carbocycles. The second-order valence-electron chi connectivity index (χ2n) is 3.88. The van der Waals surface area contributed by atoms with Gasteiger partial charge in [-0.2, -0.15) is 15.0 Å². The highest BCUT2D eigenvalue weighted by Gasteiger charge is 2.01. The maximum atomic E-state index is 5.49. The minimum absolute atomic E-state index is 0.167. The van der Waals surface area contributed by atoms with Gasteiger partial charge in [-0.05, 0) is 5.56 Å². The van der Waals surface area contributed by atoms with Crippen LogP contribution in [0.25, 0.3) is 0 Å². The number of aromatic nitrogens is 3. The number of benzene rings is 1. The van der Waals surface area contributed by atoms with Gasteiger partial charge in [0.2, 0.25) is 11.9 Å². The average Bonchev–Trinajstić information content (AvgIpc) is 2.35. The molecule has 18 heavy (non-hydrogen) atoms. The van der Waals surface area contributed by atoms with Gasteiger partial charge in [-0.25, -0.2) is 0 Å². The summed E-state index contributed by atoms with van der Waals surface area (Å²) in [5.74, 6) is 0.946. The second-order valence-corrected chi connectivity index (χ2v) is 3.88. The first-order chi connectivity index (χ1) is 8.74. The van der Waals surface area contributed by atoms with Crippen LogP contribution in [0.15, 0.2) is 30.3 Å². The van der Waals surface area contributed by atoms with Crippen LogP contribution in [0.3, 0.4) is 0 Å². The first-order valence-electron chi connectivity index (χ1n) is 5.74. The van der Waals surface area contributed by atoms with Crippen LogP contribution >= 0.6 is 0 Å². The molecule has 0 aliphatic carbocycles. The van der Waals surface area contributed by atoms with Crippen molar-refractivity contribution in [3.63, 3.8) is 0 Å². The minimum Gasteiger partial charge on any atom is -0.368 e. The normalized spacial score (nSPS) is 10.4. The molecule has 5 N–H and O–H groups in total. The Labute approximate surface area is 105 Å². The lowest BCUT2D eigenvalue weighted by molar-refractivity contribution is 0.669. The smallest absolute Gasteiger partial charge is 0.225 e. The summed E-state index contributed by atoms with van der Waals surface area (Å²) in [7, 11) is 0. The number of anilines is 2. The van der Waals surface area contributed by atoms with E-state index in [1.165, 1.54) is 5.56 Å². The molecular weight excluding hydrogens is 228 g/mol. The Morgan fingerprint density at radius 2 is 1.61 bits per heavy atom. The van der Waals surface area contributed by atoms with Crippen LogP contribution in [0.1, 0.15) is 11.4 Å². The molecule has 6 nitrogen and oxygen atoms in total. The zero-order valence-electron chi connectivity index (χ0n) is 10.0. The lowest BCUT2D eigenvalue weighted by atomic mass is 10.2. The zero-order chi connectivity index (χ0) is 12.8. The molecule has 1 aromatic heterocycles. The van der Waals surface area contributed by atoms with E-state index in [2.05, 4.69) is 32.4 Å². The Bertz CT molecular complexity index is 479. The molecule has 0 amide bonds. The summed E-state index contributed by atoms with van der Waals surface area (Å²) in [4.78, 5) is 11.8. The first kappa shape index (κ1) is 12.3. The van der Waals surface area contributed by atoms with Crippen molar-refractivity contribution in [2.75, 3.05) is 18.0 Å². The van der Waals surface area contributed by atoms with Crippen molar-refractivity contribution in [1.29, 1.82) is 0 Å². The molecule has 0 atom stereocenters. The van der Waals surface area contributed by atoms with Crippen LogP contribution in [-0.2, 0) is 13.0 Å². The van der Waals surface area contributed by atoms with Gasteiger partial charge in [0.15, 0.2) is 0 Å². The molecule has 0 saturated heterocycles. The average molecular weight is 244 g/mol. The summed E-state index contributed by atoms with van der Waals surface area (Å²) in [5, 5.41) is 3.31. The highest BCUT2D eigenvalue weighted by Crippen LogP contribution is 2.00. The highest BCUT2D eigenvalue weighted by atomic mass is 15.1. The maximum absolute atomic E-state index is 5.49. The number of hydrogen-bond acceptors (Lipinski definition) is 6. The third kappa shape index (κ3) is 3.67. The van der Waals surface area contributed by atoms with Crippen LogP contribution in [0, 0.1) is 0 Å². The van der Waals surface area contributed by atoms with Gasteiger partial charge in [0, 0.05) is 19.5 Å². The van der Waals surface area contributed by atoms with E-state index in [4.69, 9.17) is 11.5 Å². The van der Waals surface area contributed by atoms with E-state index >= 15 is 0 Å². The molecule has 0 aliphatic heterocycles. The van der Waals surface area contributed by atoms with E-state index in [-0.39, 0.29) is 11.9 Å². The Balaban J connectivity index is 1.78. The number of nitrogen functional groups attached to an aromatic ring is 2. The van der Waals surface area contributed by atoms with E-state index in [1.54, 1.807) is 0 Å². The van der Waals surface area contributed by atoms with Crippen molar-refractivity contribution in [1.82, 2.24) is 20.3 Å². The molecule has 2 aromatic rings. The van der Waals surface area contributed by atoms with Gasteiger partial charge < -0.3 is 16.8 Å². The number of rotatable bonds is 5. The molecule has 94 valence electrons. The summed E-state index contributed by atoms with van der Waals surface area (Å²) in [6, 6.07) is 10.2. The monoisotopic (exact) mass is 244 g/mol. The molecular formula is C12H16N6. The molecule has 0 spiro atoms. The molecule has 0 aliphatic rings. The first-order valence-corrected chi connectivity index (χ1v) is 5.74. The second kappa shape index (κ2) is 5.92. The Morgan fingerprint density at radius 3 is 2.28 bits per heavy atom. The molecule has 0 bridgehead atoms. The van der Waals surface area contributed by atoms with E-state index in [0.717, 1.165) is 13.1 Å². The van der Waals surface area contributed by atoms with Gasteiger partial charge >= 0.3 is 0 Å². The molecule has 6 heteroatoms. The van der Waals surface area contributed by atoms with Crippen molar-refractivity contribution in [2.45, 2.75) is 13.0 Å². The number of nitrogens with one attached hydrogen (secondary N) is 1. The van der Waals surface area contributed by atoms with E-state index < -0.39 is 0 Å². The van der Waals surface area contributed by atoms with Gasteiger partial charge in [-0.3, -0.25) is 0 Å². The van der Waals surface area contributed by atoms with Gasteiger partial charge in [0.05, 0.1) is 0 Å². The predicted molar refractivity (Wildman–Crippen MR) is 70.5 cm³/mol. The number of nitrogens with zero attached hydrogens (tertiary/aromatic N) is 3. The standard InChI is InChI=1S/C12H16N6/c13-11-16-10(17-12(14)18-11)6-7-15-8-9-4-2-1-3-5-9/h1-5,15H,6-8H2,(H4,13,14,16,17,18). The van der Waals surface area contributed by atoms with E-state index in [9.17, 15) is 0 Å². The molecule has 1 aromatic carbocycles. The molecule has 0 fully saturated rings. The van der Waals surface area contributed by atoms with Crippen molar-refractivity contribution in [3.05, 3.63) is 41.7 Å². The third-order valence-electron chi connectivity index (χ3n) is 2.41. The van der Waals surface area contributed by atoms with Gasteiger partial charge in [-0.1, -0.05) is 30.3 Å². The fraction of sp³-hybridized carbons (Fsp3) is 0.250. The molecule has 2 rings (SSSR count). The summed E-state index contributed by atoms with van der Waals surface area (Å²) >= 11 is 0. The third-order valence-corrected chi connectivity index (χ3v) is 2.41. The van der Waals surface area contributed by atoms with Crippen LogP contribution < -0.4 is 16.8 Å². The summed E-state index contributed by atoms with van der Waals surface area (Å²) in [6.07, 6.45) is 0.670. The highest BCUT2D eigenvalue weighted by molar-refractivity contribution is 5.25. The summed E-state index contributed by atoms with van der Waals surface area (Å²) < 4.78 is 0. The van der Waals surface area contributed by atoms with Crippen molar-refractivity contribution in [3.8, 4) is 0 Å². The van der Waals surface area contributed by atoms with Gasteiger partial charge in [-0.15, -0.1) is 0 Å². The van der Waals surface area contributed by atoms with E-state index in [0.29, 0.717) is 12.2 Å². The Morgan fingerprint density at radius 1 is 0.944 bits per heavy atom. The van der Waals surface area contributed by atoms with Gasteiger partial charge in [0.1, 0.15) is 5.82 Å². The number of hydrogen-bond donors (Lipinski definition) is 3. The lowest BCUT2D eigenvalue weighted by Gasteiger charge is -2.05. The topological polar surface area (TPSA) is 103 Å². The minimum atomic E-state index is 0.167. The zero-order valence-corrected chi connectivity index (χ0v) is 10.0. The maximum Gasteiger partial charge on any atom is 0.225 e. The quantitative estimate of drug-likeness (QED) is 0.657. The van der Waals surface area contributed by atoms with Crippen LogP contribution in [0.4, 0.5) is 11.9 Å². The van der Waals surface area contributed by atoms with Crippen LogP contribution in [0.2, 0.25) is 0 Å². The molecule has 1 heterocycles. The fourth-order valence-electron chi connectivity index (χ4n) is 1.60. The number of nitrogens with two attached hydrogens (primary N) is 2. The SMILES string of the molecule is Nc1nc(N)nc(CCNCc2ccccc2)n1. The van der Waals surface area contributed by atoms with E-state index in [1.807, 2.05) is 18.2 Å². The Kier molecular flexibility index (Phi) is 4.03. The predicted octanol–water partition coefficient (Wildman–Crippen LogP) is 0.368. The summed E-state index contributed by atoms with van der Waals surface area (Å²) in [6.45, 7) is 1.58. The lowest BCUT2D eigenvalue weighted by Crippen LogP contribution is -2.18. The fourth-order valence-corrected chi connectivity index (χ4v) is 1.60. The summed E-state index contributed by atoms with van der Waals surface area (Å²) in [5.41, 5.74) is 12.2. The largest absolute Gasteiger partial charge is 0.368 e. The van der Waals surface area contributed by atoms with Crippen LogP contribution in [0.5, 0.6) is 0 Å². The molecule has 0 radical (unpaired) electrons. The van der Waals surface area contributed by atoms with Crippen molar-refractivity contribution < 1.29 is 0 Å². The molecule has 0 unspecified atom stereocenters. The van der Waals surface area contributed by atoms with Crippen molar-refractivity contribution in [2.24, 2.45) is 0 Å². The van der Waals surface area contributed by atoms with Crippen molar-refractivity contribution >= 4 is 11.9 Å². The van der Waals surface area contributed by atoms with Gasteiger partial charge in [0.25, 0.3) is 0 Å². The van der Waals surface area contributed by atoms with Crippen LogP contribution in [-0.4, -0.2) is 21.5 Å². The Hall–Kier alpha value is -2.21.